The Bertz CT molecular complexity index is 4520. The average Bonchev–Trinajstić information content (AvgIpc) is 0.626. The van der Waals surface area contributed by atoms with Crippen LogP contribution >= 0.6 is 23.2 Å². The van der Waals surface area contributed by atoms with Gasteiger partial charge in [-0.05, 0) is 413 Å². The molecular formula is C97H102Cl2O10. The summed E-state index contributed by atoms with van der Waals surface area (Å²) >= 11 is 11.4. The highest BCUT2D eigenvalue weighted by Gasteiger charge is 2.90. The van der Waals surface area contributed by atoms with Gasteiger partial charge in [-0.15, -0.1) is 0 Å². The van der Waals surface area contributed by atoms with Gasteiger partial charge in [0.1, 0.15) is 0 Å². The Balaban J connectivity index is 0.000000102. The second kappa shape index (κ2) is 23.0. The zero-order chi connectivity index (χ0) is 74.2. The van der Waals surface area contributed by atoms with Crippen molar-refractivity contribution in [1.82, 2.24) is 0 Å². The number of carbonyl (C=O) groups is 6. The molecule has 2 N–H and O–H groups in total. The van der Waals surface area contributed by atoms with E-state index in [1.165, 1.54) is 168 Å². The first kappa shape index (κ1) is 68.9. The van der Waals surface area contributed by atoms with E-state index in [4.69, 9.17) is 32.7 Å². The van der Waals surface area contributed by atoms with Gasteiger partial charge in [-0.2, -0.15) is 0 Å². The summed E-state index contributed by atoms with van der Waals surface area (Å²) in [6.07, 6.45) is 34.4. The van der Waals surface area contributed by atoms with Crippen LogP contribution in [0.5, 0.6) is 0 Å². The predicted octanol–water partition coefficient (Wildman–Crippen LogP) is 21.2. The van der Waals surface area contributed by atoms with Crippen LogP contribution in [0, 0.1) is 104 Å². The lowest BCUT2D eigenvalue weighted by molar-refractivity contribution is -0.399. The van der Waals surface area contributed by atoms with E-state index < -0.39 is 11.9 Å². The molecule has 33 rings (SSSR count). The molecule has 6 aromatic carbocycles. The van der Waals surface area contributed by atoms with Crippen LogP contribution in [0.15, 0.2) is 146 Å². The molecule has 27 fully saturated rings. The van der Waals surface area contributed by atoms with Crippen LogP contribution in [0.3, 0.4) is 0 Å². The zero-order valence-electron chi connectivity index (χ0n) is 63.2. The van der Waals surface area contributed by atoms with E-state index in [1.54, 1.807) is 0 Å². The molecule has 12 atom stereocenters. The molecule has 27 aliphatic rings. The Hall–Kier alpha value is -6.88. The molecule has 24 bridgehead atoms. The van der Waals surface area contributed by atoms with Crippen LogP contribution in [-0.2, 0) is 42.0 Å². The molecule has 6 aromatic rings. The lowest BCUT2D eigenvalue weighted by Crippen LogP contribution is -2.85. The summed E-state index contributed by atoms with van der Waals surface area (Å²) in [5, 5.41) is 17.9. The van der Waals surface area contributed by atoms with Crippen molar-refractivity contribution in [3.63, 3.8) is 0 Å². The largest absolute Gasteiger partial charge is 0.478 e. The lowest BCUT2D eigenvalue weighted by atomic mass is 9.13. The van der Waals surface area contributed by atoms with Gasteiger partial charge in [0.05, 0.1) is 35.5 Å². The first-order valence-electron chi connectivity index (χ1n) is 42.3. The van der Waals surface area contributed by atoms with Gasteiger partial charge in [0.15, 0.2) is 0 Å². The third-order valence-corrected chi connectivity index (χ3v) is 37.8. The molecule has 0 heterocycles. The Morgan fingerprint density at radius 3 is 0.761 bits per heavy atom. The summed E-state index contributed by atoms with van der Waals surface area (Å²) in [6, 6.07) is 49.5. The molecule has 0 aliphatic heterocycles. The molecule has 10 nitrogen and oxygen atoms in total. The molecule has 0 amide bonds. The maximum atomic E-state index is 12.6. The van der Waals surface area contributed by atoms with Crippen molar-refractivity contribution < 1.29 is 48.5 Å². The number of carbonyl (C=O) groups excluding carboxylic acids is 4. The Morgan fingerprint density at radius 1 is 0.303 bits per heavy atom. The Kier molecular flexibility index (Phi) is 14.5. The topological polar surface area (TPSA) is 161 Å². The Labute approximate surface area is 650 Å². The van der Waals surface area contributed by atoms with Gasteiger partial charge in [-0.25, -0.2) is 19.2 Å². The summed E-state index contributed by atoms with van der Waals surface area (Å²) in [5.41, 5.74) is 16.8. The predicted molar refractivity (Wildman–Crippen MR) is 416 cm³/mol. The summed E-state index contributed by atoms with van der Waals surface area (Å²) in [4.78, 5) is 71.1. The highest BCUT2D eigenvalue weighted by molar-refractivity contribution is 6.68. The molecule has 27 aliphatic carbocycles. The van der Waals surface area contributed by atoms with Crippen molar-refractivity contribution in [3.8, 4) is 0 Å². The summed E-state index contributed by atoms with van der Waals surface area (Å²) < 4.78 is 11.1. The molecule has 0 saturated heterocycles. The van der Waals surface area contributed by atoms with Gasteiger partial charge in [-0.1, -0.05) is 112 Å². The maximum absolute atomic E-state index is 12.6. The number of esters is 2. The van der Waals surface area contributed by atoms with Crippen molar-refractivity contribution in [2.24, 2.45) is 104 Å². The molecule has 0 aromatic heterocycles. The highest BCUT2D eigenvalue weighted by atomic mass is 35.5. The third kappa shape index (κ3) is 8.85. The van der Waals surface area contributed by atoms with E-state index >= 15 is 0 Å². The van der Waals surface area contributed by atoms with Crippen LogP contribution in [-0.4, -0.2) is 57.8 Å². The van der Waals surface area contributed by atoms with E-state index in [2.05, 4.69) is 86.6 Å². The fourth-order valence-corrected chi connectivity index (χ4v) is 35.2. The fourth-order valence-electron chi connectivity index (χ4n) is 34.9. The number of unbranched alkanes of at least 4 members (excludes halogenated alkanes) is 4. The molecular weight excluding hydrogens is 1400 g/mol. The number of benzene rings is 6. The number of hydrogen-bond donors (Lipinski definition) is 2. The smallest absolute Gasteiger partial charge is 0.338 e. The number of ether oxygens (including phenoxy) is 2. The van der Waals surface area contributed by atoms with E-state index in [9.17, 15) is 39.0 Å². The van der Waals surface area contributed by atoms with Gasteiger partial charge in [0.2, 0.25) is 0 Å². The van der Waals surface area contributed by atoms with E-state index in [0.29, 0.717) is 101 Å². The normalized spacial score (nSPS) is 43.7. The van der Waals surface area contributed by atoms with Crippen molar-refractivity contribution in [3.05, 3.63) is 212 Å². The van der Waals surface area contributed by atoms with Crippen LogP contribution in [0.1, 0.15) is 283 Å². The Morgan fingerprint density at radius 2 is 0.532 bits per heavy atom. The molecule has 6 unspecified atom stereocenters. The van der Waals surface area contributed by atoms with Crippen LogP contribution < -0.4 is 0 Å². The quantitative estimate of drug-likeness (QED) is 0.0428. The number of halogens is 2. The first-order valence-corrected chi connectivity index (χ1v) is 43.1. The monoisotopic (exact) mass is 1500 g/mol. The molecule has 12 heteroatoms. The number of hydrogen-bond acceptors (Lipinski definition) is 8. The summed E-state index contributed by atoms with van der Waals surface area (Å²) in [5.74, 6) is 8.03. The van der Waals surface area contributed by atoms with Gasteiger partial charge < -0.3 is 19.7 Å². The average molecular weight is 1500 g/mol. The van der Waals surface area contributed by atoms with E-state index in [-0.39, 0.29) is 33.3 Å². The van der Waals surface area contributed by atoms with Crippen molar-refractivity contribution in [1.29, 1.82) is 0 Å². The van der Waals surface area contributed by atoms with Crippen LogP contribution in [0.2, 0.25) is 0 Å². The van der Waals surface area contributed by atoms with Gasteiger partial charge >= 0.3 is 23.9 Å². The second-order valence-corrected chi connectivity index (χ2v) is 41.4. The SMILES string of the molecule is CCCCCOC(=O)c1ccc(C23CC4C56CC7(c8ccc(C(=O)OCCCCC)cc8)CC([C@H]5C2)[C@@H](C3)C4(C7)C6)cc1.O=C(Cl)c1ccc(C23CC4C56CC7(c8ccc(C(=O)Cl)cc8)CC([C@H]5C2)[C@@H](C3)C4(C7)C6)cc1.O=C(O)c1ccc(C23CC4C56CC7(c8ccc(C(=O)O)cc8)CC([C@H]5C2)[C@@H](C3)C4(C7)C6)cc1. The zero-order valence-corrected chi connectivity index (χ0v) is 64.7. The first-order chi connectivity index (χ1) is 52.5. The fraction of sp³-hybridized carbons (Fsp3) is 0.567. The van der Waals surface area contributed by atoms with Crippen molar-refractivity contribution in [2.45, 2.75) is 220 Å². The third-order valence-electron chi connectivity index (χ3n) is 37.4. The maximum Gasteiger partial charge on any atom is 0.338 e. The van der Waals surface area contributed by atoms with Gasteiger partial charge in [0, 0.05) is 11.1 Å². The van der Waals surface area contributed by atoms with Crippen molar-refractivity contribution >= 4 is 57.6 Å². The van der Waals surface area contributed by atoms with E-state index in [0.717, 1.165) is 110 Å². The number of aromatic carboxylic acids is 2. The number of carboxylic acid groups (broad SMARTS) is 2. The van der Waals surface area contributed by atoms with Gasteiger partial charge in [-0.3, -0.25) is 9.59 Å². The minimum absolute atomic E-state index is 0.176. The number of carboxylic acids is 2. The minimum Gasteiger partial charge on any atom is -0.478 e. The number of rotatable bonds is 20. The van der Waals surface area contributed by atoms with E-state index in [1.807, 2.05) is 72.8 Å². The van der Waals surface area contributed by atoms with Crippen molar-refractivity contribution in [2.75, 3.05) is 13.2 Å². The second-order valence-electron chi connectivity index (χ2n) is 40.7. The van der Waals surface area contributed by atoms with Crippen LogP contribution in [0.4, 0.5) is 0 Å². The van der Waals surface area contributed by atoms with Crippen LogP contribution in [0.25, 0.3) is 0 Å². The van der Waals surface area contributed by atoms with Gasteiger partial charge in [0.25, 0.3) is 10.5 Å². The molecule has 6 spiro atoms. The molecule has 0 radical (unpaired) electrons. The summed E-state index contributed by atoms with van der Waals surface area (Å²) in [6.45, 7) is 5.37. The molecule has 27 saturated carbocycles. The highest BCUT2D eigenvalue weighted by Crippen LogP contribution is 2.96. The standard InChI is InChI=1S/C39H48O4.C29H26Cl2O2.C29H28O4/c1-3-5-7-17-42-34(40)26-9-13-28(14-10-26)36-20-31-30-19-37(23-38(31)25-39(24-37,32(30)21-36)33(38)22-36)29-15-11-27(12-16-29)35(41)43-18-8-6-4-2;30-24(32)16-1-5-18(6-2-16)26-10-21-20-9-27(19-7-3-17(4-8-19)25(31)33)13-28(21)15-29(14-27,22(20)11-26)23(28)12-26;30-24(31)16-1-5-18(6-2-16)26-10-21-20-9-27(19-7-3-17(4-8-19)25(32)33)13-28(21)15-29(14-27,22(20)11-26)23(28)12-26/h9-16,30-33H,3-8,17-25H2,1-2H3;1-8,20-23H,9-15H2;1-8,20-23H,9-15H2,(H,30,31)(H,32,33)/t30?,31-,32-,33?,36?,37?,38?,39?;2*20?,21-,22-,23?,26?,27?,28?,29?/m111/s1. The summed E-state index contributed by atoms with van der Waals surface area (Å²) in [7, 11) is 0. The minimum atomic E-state index is -0.845. The lowest BCUT2D eigenvalue weighted by Gasteiger charge is -2.91. The molecule has 109 heavy (non-hydrogen) atoms. The molecule has 564 valence electrons.